The topological polar surface area (TPSA) is 32.3 Å². The lowest BCUT2D eigenvalue weighted by atomic mass is 9.97. The Kier molecular flexibility index (Phi) is 4.64. The molecule has 15 heavy (non-hydrogen) atoms. The average molecular weight is 208 g/mol. The Hall–Kier alpha value is -1.01. The molecule has 0 aliphatic carbocycles. The lowest BCUT2D eigenvalue weighted by Gasteiger charge is -2.39. The van der Waals surface area contributed by atoms with Crippen LogP contribution in [0.1, 0.15) is 33.1 Å². The molecule has 0 bridgehead atoms. The maximum atomic E-state index is 11.9. The third-order valence-corrected chi connectivity index (χ3v) is 2.98. The molecular weight excluding hydrogens is 188 g/mol. The minimum atomic E-state index is 0.171. The lowest BCUT2D eigenvalue weighted by Crippen LogP contribution is -2.50. The van der Waals surface area contributed by atoms with Crippen LogP contribution in [0.4, 0.5) is 0 Å². The molecule has 3 heteroatoms. The van der Waals surface area contributed by atoms with E-state index in [0.29, 0.717) is 25.2 Å². The number of piperidine rings is 1. The summed E-state index contributed by atoms with van der Waals surface area (Å²) in [7, 11) is 0. The van der Waals surface area contributed by atoms with Gasteiger partial charge in [0, 0.05) is 12.1 Å². The number of hydrogen-bond donors (Lipinski definition) is 1. The molecule has 1 saturated heterocycles. The third-order valence-electron chi connectivity index (χ3n) is 2.98. The van der Waals surface area contributed by atoms with Gasteiger partial charge >= 0.3 is 0 Å². The molecule has 0 aromatic heterocycles. The first-order valence-electron chi connectivity index (χ1n) is 5.62. The second-order valence-electron chi connectivity index (χ2n) is 4.24. The van der Waals surface area contributed by atoms with Crippen molar-refractivity contribution in [3.8, 4) is 12.3 Å². The first-order valence-corrected chi connectivity index (χ1v) is 5.62. The second kappa shape index (κ2) is 5.77. The fourth-order valence-corrected chi connectivity index (χ4v) is 2.25. The monoisotopic (exact) mass is 208 g/mol. The number of terminal acetylenes is 1. The van der Waals surface area contributed by atoms with E-state index in [-0.39, 0.29) is 5.91 Å². The van der Waals surface area contributed by atoms with Gasteiger partial charge in [0.05, 0.1) is 13.1 Å². The Balaban J connectivity index is 2.45. The number of nitrogens with one attached hydrogen (secondary N) is 1. The highest BCUT2D eigenvalue weighted by atomic mass is 16.2. The van der Waals surface area contributed by atoms with E-state index in [1.165, 1.54) is 6.42 Å². The quantitative estimate of drug-likeness (QED) is 0.554. The van der Waals surface area contributed by atoms with E-state index >= 15 is 0 Å². The van der Waals surface area contributed by atoms with Crippen LogP contribution in [0.25, 0.3) is 0 Å². The van der Waals surface area contributed by atoms with Gasteiger partial charge in [-0.1, -0.05) is 5.92 Å². The summed E-state index contributed by atoms with van der Waals surface area (Å²) in [4.78, 5) is 13.9. The van der Waals surface area contributed by atoms with E-state index in [1.807, 2.05) is 4.90 Å². The molecule has 0 unspecified atom stereocenters. The number of rotatable bonds is 3. The molecular formula is C12H20N2O. The minimum absolute atomic E-state index is 0.171. The predicted octanol–water partition coefficient (Wildman–Crippen LogP) is 0.999. The largest absolute Gasteiger partial charge is 0.336 e. The van der Waals surface area contributed by atoms with Gasteiger partial charge in [0.1, 0.15) is 0 Å². The first kappa shape index (κ1) is 12.1. The van der Waals surface area contributed by atoms with Gasteiger partial charge < -0.3 is 4.90 Å². The summed E-state index contributed by atoms with van der Waals surface area (Å²) in [6.45, 7) is 5.06. The summed E-state index contributed by atoms with van der Waals surface area (Å²) in [5, 5.41) is 2.95. The van der Waals surface area contributed by atoms with Crippen molar-refractivity contribution in [2.45, 2.75) is 45.2 Å². The molecule has 1 amide bonds. The van der Waals surface area contributed by atoms with Crippen molar-refractivity contribution in [2.75, 3.05) is 13.1 Å². The Bertz CT molecular complexity index is 247. The van der Waals surface area contributed by atoms with Crippen LogP contribution in [0.15, 0.2) is 0 Å². The molecule has 0 spiro atoms. The van der Waals surface area contributed by atoms with Gasteiger partial charge in [0.15, 0.2) is 0 Å². The molecule has 1 aliphatic rings. The highest BCUT2D eigenvalue weighted by Gasteiger charge is 2.28. The zero-order valence-corrected chi connectivity index (χ0v) is 9.62. The standard InChI is InChI=1S/C12H20N2O/c1-4-8-13-9-12(15)14-10(2)6-5-7-11(14)3/h1,10-11,13H,5-9H2,2-3H3/t10-,11+. The molecule has 0 saturated carbocycles. The maximum Gasteiger partial charge on any atom is 0.237 e. The Morgan fingerprint density at radius 3 is 2.60 bits per heavy atom. The number of hydrogen-bond acceptors (Lipinski definition) is 2. The summed E-state index contributed by atoms with van der Waals surface area (Å²) in [6.07, 6.45) is 8.57. The summed E-state index contributed by atoms with van der Waals surface area (Å²) >= 11 is 0. The second-order valence-corrected chi connectivity index (χ2v) is 4.24. The lowest BCUT2D eigenvalue weighted by molar-refractivity contribution is -0.136. The molecule has 3 nitrogen and oxygen atoms in total. The Morgan fingerprint density at radius 1 is 1.47 bits per heavy atom. The van der Waals surface area contributed by atoms with Gasteiger partial charge in [0.25, 0.3) is 0 Å². The van der Waals surface area contributed by atoms with Crippen molar-refractivity contribution < 1.29 is 4.79 Å². The molecule has 0 aromatic carbocycles. The van der Waals surface area contributed by atoms with Gasteiger partial charge in [-0.25, -0.2) is 0 Å². The summed E-state index contributed by atoms with van der Waals surface area (Å²) in [5.74, 6) is 2.64. The van der Waals surface area contributed by atoms with Crippen molar-refractivity contribution in [3.63, 3.8) is 0 Å². The SMILES string of the molecule is C#CCNCC(=O)N1[C@H](C)CCC[C@@H]1C. The normalized spacial score (nSPS) is 26.1. The van der Waals surface area contributed by atoms with E-state index in [9.17, 15) is 4.79 Å². The van der Waals surface area contributed by atoms with Crippen LogP contribution >= 0.6 is 0 Å². The van der Waals surface area contributed by atoms with Crippen LogP contribution in [0.2, 0.25) is 0 Å². The van der Waals surface area contributed by atoms with Gasteiger partial charge in [-0.15, -0.1) is 6.42 Å². The first-order chi connectivity index (χ1) is 7.16. The summed E-state index contributed by atoms with van der Waals surface area (Å²) < 4.78 is 0. The van der Waals surface area contributed by atoms with Crippen LogP contribution in [-0.4, -0.2) is 36.0 Å². The third kappa shape index (κ3) is 3.24. The fraction of sp³-hybridized carbons (Fsp3) is 0.750. The molecule has 1 N–H and O–H groups in total. The molecule has 1 heterocycles. The number of nitrogens with zero attached hydrogens (tertiary/aromatic N) is 1. The smallest absolute Gasteiger partial charge is 0.237 e. The molecule has 2 atom stereocenters. The van der Waals surface area contributed by atoms with Crippen LogP contribution in [0.3, 0.4) is 0 Å². The zero-order chi connectivity index (χ0) is 11.3. The molecule has 0 aromatic rings. The van der Waals surface area contributed by atoms with Gasteiger partial charge in [-0.05, 0) is 33.1 Å². The van der Waals surface area contributed by atoms with Crippen molar-refractivity contribution in [1.29, 1.82) is 0 Å². The van der Waals surface area contributed by atoms with Crippen molar-refractivity contribution in [2.24, 2.45) is 0 Å². The van der Waals surface area contributed by atoms with E-state index in [4.69, 9.17) is 6.42 Å². The van der Waals surface area contributed by atoms with Crippen LogP contribution in [0.5, 0.6) is 0 Å². The number of carbonyl (C=O) groups is 1. The Morgan fingerprint density at radius 2 is 2.07 bits per heavy atom. The van der Waals surface area contributed by atoms with E-state index in [1.54, 1.807) is 0 Å². The summed E-state index contributed by atoms with van der Waals surface area (Å²) in [5.41, 5.74) is 0. The fourth-order valence-electron chi connectivity index (χ4n) is 2.25. The highest BCUT2D eigenvalue weighted by Crippen LogP contribution is 2.22. The van der Waals surface area contributed by atoms with Crippen LogP contribution < -0.4 is 5.32 Å². The predicted molar refractivity (Wildman–Crippen MR) is 61.3 cm³/mol. The zero-order valence-electron chi connectivity index (χ0n) is 9.62. The van der Waals surface area contributed by atoms with E-state index in [2.05, 4.69) is 25.1 Å². The van der Waals surface area contributed by atoms with E-state index < -0.39 is 0 Å². The molecule has 1 aliphatic heterocycles. The van der Waals surface area contributed by atoms with Gasteiger partial charge in [-0.2, -0.15) is 0 Å². The minimum Gasteiger partial charge on any atom is -0.336 e. The molecule has 0 radical (unpaired) electrons. The molecule has 1 rings (SSSR count). The molecule has 84 valence electrons. The van der Waals surface area contributed by atoms with Crippen molar-refractivity contribution in [1.82, 2.24) is 10.2 Å². The maximum absolute atomic E-state index is 11.9. The van der Waals surface area contributed by atoms with Crippen LogP contribution in [-0.2, 0) is 4.79 Å². The average Bonchev–Trinajstić information content (AvgIpc) is 2.18. The van der Waals surface area contributed by atoms with Crippen LogP contribution in [0, 0.1) is 12.3 Å². The highest BCUT2D eigenvalue weighted by molar-refractivity contribution is 5.79. The van der Waals surface area contributed by atoms with E-state index in [0.717, 1.165) is 12.8 Å². The number of amides is 1. The Labute approximate surface area is 92.2 Å². The molecule has 1 fully saturated rings. The van der Waals surface area contributed by atoms with Gasteiger partial charge in [-0.3, -0.25) is 10.1 Å². The number of likely N-dealkylation sites (tertiary alicyclic amines) is 1. The van der Waals surface area contributed by atoms with Crippen molar-refractivity contribution >= 4 is 5.91 Å². The van der Waals surface area contributed by atoms with Crippen molar-refractivity contribution in [3.05, 3.63) is 0 Å². The van der Waals surface area contributed by atoms with Gasteiger partial charge in [0.2, 0.25) is 5.91 Å². The number of carbonyl (C=O) groups excluding carboxylic acids is 1. The summed E-state index contributed by atoms with van der Waals surface area (Å²) in [6, 6.07) is 0.739.